The zero-order chi connectivity index (χ0) is 14.8. The molecule has 0 saturated carbocycles. The SMILES string of the molecule is N#Cc1ccc(CNc2cc3c(cc2[N+](=O)[O-])OCO3)o1. The number of hydrogen-bond acceptors (Lipinski definition) is 7. The van der Waals surface area contributed by atoms with E-state index in [-0.39, 0.29) is 24.8 Å². The number of ether oxygens (including phenoxy) is 2. The average Bonchev–Trinajstić information content (AvgIpc) is 3.12. The molecule has 0 saturated heterocycles. The second-order valence-electron chi connectivity index (χ2n) is 4.21. The number of rotatable bonds is 4. The number of hydrogen-bond donors (Lipinski definition) is 1. The summed E-state index contributed by atoms with van der Waals surface area (Å²) in [4.78, 5) is 10.6. The van der Waals surface area contributed by atoms with E-state index in [1.54, 1.807) is 6.07 Å². The van der Waals surface area contributed by atoms with Crippen LogP contribution < -0.4 is 14.8 Å². The first kappa shape index (κ1) is 12.8. The monoisotopic (exact) mass is 287 g/mol. The Labute approximate surface area is 118 Å². The van der Waals surface area contributed by atoms with Crippen LogP contribution in [-0.4, -0.2) is 11.7 Å². The number of nitriles is 1. The minimum absolute atomic E-state index is 0.0413. The quantitative estimate of drug-likeness (QED) is 0.678. The summed E-state index contributed by atoms with van der Waals surface area (Å²) >= 11 is 0. The number of nitrogens with zero attached hydrogens (tertiary/aromatic N) is 2. The van der Waals surface area contributed by atoms with Gasteiger partial charge in [-0.1, -0.05) is 0 Å². The molecule has 0 amide bonds. The second-order valence-corrected chi connectivity index (χ2v) is 4.21. The van der Waals surface area contributed by atoms with Crippen molar-refractivity contribution in [2.24, 2.45) is 0 Å². The lowest BCUT2D eigenvalue weighted by Gasteiger charge is -2.06. The molecular weight excluding hydrogens is 278 g/mol. The number of fused-ring (bicyclic) bond motifs is 1. The lowest BCUT2D eigenvalue weighted by atomic mass is 10.2. The highest BCUT2D eigenvalue weighted by atomic mass is 16.7. The normalized spacial score (nSPS) is 12.0. The van der Waals surface area contributed by atoms with Gasteiger partial charge in [0.1, 0.15) is 17.5 Å². The lowest BCUT2D eigenvalue weighted by Crippen LogP contribution is -2.02. The molecule has 1 aliphatic rings. The Bertz CT molecular complexity index is 747. The standard InChI is InChI=1S/C13H9N3O5/c14-5-8-1-2-9(21-8)6-15-10-3-12-13(20-7-19-12)4-11(10)16(17)18/h1-4,15H,6-7H2. The van der Waals surface area contributed by atoms with Crippen LogP contribution in [-0.2, 0) is 6.54 Å². The Balaban J connectivity index is 1.84. The summed E-state index contributed by atoms with van der Waals surface area (Å²) in [6.07, 6.45) is 0. The highest BCUT2D eigenvalue weighted by Crippen LogP contribution is 2.40. The van der Waals surface area contributed by atoms with E-state index in [1.165, 1.54) is 18.2 Å². The molecule has 0 bridgehead atoms. The van der Waals surface area contributed by atoms with Gasteiger partial charge in [0.05, 0.1) is 17.5 Å². The molecule has 106 valence electrons. The van der Waals surface area contributed by atoms with Crippen LogP contribution in [0.3, 0.4) is 0 Å². The largest absolute Gasteiger partial charge is 0.454 e. The summed E-state index contributed by atoms with van der Waals surface area (Å²) in [6.45, 7) is 0.252. The van der Waals surface area contributed by atoms with Crippen molar-refractivity contribution in [1.29, 1.82) is 5.26 Å². The van der Waals surface area contributed by atoms with E-state index >= 15 is 0 Å². The molecule has 1 aliphatic heterocycles. The molecule has 21 heavy (non-hydrogen) atoms. The molecule has 3 rings (SSSR count). The first-order valence-electron chi connectivity index (χ1n) is 5.98. The van der Waals surface area contributed by atoms with Crippen molar-refractivity contribution in [3.05, 3.63) is 45.9 Å². The molecule has 0 aliphatic carbocycles. The van der Waals surface area contributed by atoms with Crippen LogP contribution in [0.2, 0.25) is 0 Å². The predicted octanol–water partition coefficient (Wildman–Crippen LogP) is 2.40. The Morgan fingerprint density at radius 1 is 1.33 bits per heavy atom. The van der Waals surface area contributed by atoms with Crippen molar-refractivity contribution in [3.8, 4) is 17.6 Å². The zero-order valence-corrected chi connectivity index (χ0v) is 10.7. The summed E-state index contributed by atoms with van der Waals surface area (Å²) in [5.74, 6) is 1.47. The molecule has 0 atom stereocenters. The van der Waals surface area contributed by atoms with Gasteiger partial charge in [-0.05, 0) is 12.1 Å². The van der Waals surface area contributed by atoms with Crippen molar-refractivity contribution >= 4 is 11.4 Å². The highest BCUT2D eigenvalue weighted by Gasteiger charge is 2.23. The zero-order valence-electron chi connectivity index (χ0n) is 10.7. The summed E-state index contributed by atoms with van der Waals surface area (Å²) in [7, 11) is 0. The molecular formula is C13H9N3O5. The maximum atomic E-state index is 11.1. The van der Waals surface area contributed by atoms with Gasteiger partial charge in [-0.25, -0.2) is 0 Å². The highest BCUT2D eigenvalue weighted by molar-refractivity contribution is 5.68. The second kappa shape index (κ2) is 5.05. The van der Waals surface area contributed by atoms with E-state index < -0.39 is 4.92 Å². The molecule has 0 spiro atoms. The minimum atomic E-state index is -0.507. The van der Waals surface area contributed by atoms with E-state index in [4.69, 9.17) is 19.2 Å². The Hall–Kier alpha value is -3.21. The summed E-state index contributed by atoms with van der Waals surface area (Å²) < 4.78 is 15.5. The molecule has 8 heteroatoms. The number of nitro benzene ring substituents is 1. The summed E-state index contributed by atoms with van der Waals surface area (Å²) in [5.41, 5.74) is 0.172. The van der Waals surface area contributed by atoms with Gasteiger partial charge < -0.3 is 19.2 Å². The molecule has 0 unspecified atom stereocenters. The number of nitro groups is 1. The van der Waals surface area contributed by atoms with Crippen molar-refractivity contribution < 1.29 is 18.8 Å². The van der Waals surface area contributed by atoms with Crippen molar-refractivity contribution in [2.75, 3.05) is 12.1 Å². The molecule has 2 heterocycles. The first-order valence-corrected chi connectivity index (χ1v) is 5.98. The Morgan fingerprint density at radius 2 is 2.10 bits per heavy atom. The molecule has 1 aromatic carbocycles. The average molecular weight is 287 g/mol. The van der Waals surface area contributed by atoms with Gasteiger partial charge in [0.25, 0.3) is 5.69 Å². The fourth-order valence-electron chi connectivity index (χ4n) is 1.94. The molecule has 0 fully saturated rings. The predicted molar refractivity (Wildman–Crippen MR) is 70.0 cm³/mol. The van der Waals surface area contributed by atoms with Crippen molar-refractivity contribution in [1.82, 2.24) is 0 Å². The Morgan fingerprint density at radius 3 is 2.76 bits per heavy atom. The van der Waals surface area contributed by atoms with Crippen LogP contribution in [0.4, 0.5) is 11.4 Å². The van der Waals surface area contributed by atoms with Gasteiger partial charge in [0.2, 0.25) is 12.6 Å². The van der Waals surface area contributed by atoms with Gasteiger partial charge >= 0.3 is 0 Å². The van der Waals surface area contributed by atoms with Crippen LogP contribution in [0, 0.1) is 21.4 Å². The van der Waals surface area contributed by atoms with Gasteiger partial charge in [-0.3, -0.25) is 10.1 Å². The minimum Gasteiger partial charge on any atom is -0.454 e. The van der Waals surface area contributed by atoms with Gasteiger partial charge in [0.15, 0.2) is 11.5 Å². The Kier molecular flexibility index (Phi) is 3.08. The van der Waals surface area contributed by atoms with Crippen molar-refractivity contribution in [2.45, 2.75) is 6.54 Å². The molecule has 1 aromatic heterocycles. The smallest absolute Gasteiger partial charge is 0.296 e. The van der Waals surface area contributed by atoms with Crippen LogP contribution in [0.1, 0.15) is 11.5 Å². The van der Waals surface area contributed by atoms with E-state index in [0.717, 1.165) is 0 Å². The molecule has 8 nitrogen and oxygen atoms in total. The van der Waals surface area contributed by atoms with Crippen molar-refractivity contribution in [3.63, 3.8) is 0 Å². The van der Waals surface area contributed by atoms with Crippen LogP contribution in [0.5, 0.6) is 11.5 Å². The fraction of sp³-hybridized carbons (Fsp3) is 0.154. The van der Waals surface area contributed by atoms with E-state index in [1.807, 2.05) is 6.07 Å². The van der Waals surface area contributed by atoms with Gasteiger partial charge in [-0.15, -0.1) is 0 Å². The number of furan rings is 1. The summed E-state index contributed by atoms with van der Waals surface area (Å²) in [6, 6.07) is 7.85. The number of nitrogens with one attached hydrogen (secondary N) is 1. The lowest BCUT2D eigenvalue weighted by molar-refractivity contribution is -0.384. The molecule has 1 N–H and O–H groups in total. The van der Waals surface area contributed by atoms with Crippen LogP contribution >= 0.6 is 0 Å². The third-order valence-electron chi connectivity index (χ3n) is 2.91. The maximum absolute atomic E-state index is 11.1. The third kappa shape index (κ3) is 2.44. The van der Waals surface area contributed by atoms with E-state index in [2.05, 4.69) is 5.32 Å². The number of benzene rings is 1. The molecule has 2 aromatic rings. The van der Waals surface area contributed by atoms with E-state index in [9.17, 15) is 10.1 Å². The van der Waals surface area contributed by atoms with Crippen LogP contribution in [0.25, 0.3) is 0 Å². The van der Waals surface area contributed by atoms with Gasteiger partial charge in [-0.2, -0.15) is 5.26 Å². The number of anilines is 1. The summed E-state index contributed by atoms with van der Waals surface area (Å²) in [5, 5.41) is 22.7. The third-order valence-corrected chi connectivity index (χ3v) is 2.91. The van der Waals surface area contributed by atoms with Crippen LogP contribution in [0.15, 0.2) is 28.7 Å². The topological polar surface area (TPSA) is 111 Å². The first-order chi connectivity index (χ1) is 10.2. The van der Waals surface area contributed by atoms with Gasteiger partial charge in [0, 0.05) is 6.07 Å². The maximum Gasteiger partial charge on any atom is 0.296 e. The molecule has 0 radical (unpaired) electrons. The van der Waals surface area contributed by atoms with E-state index in [0.29, 0.717) is 22.9 Å². The fourth-order valence-corrected chi connectivity index (χ4v) is 1.94.